The zero-order valence-corrected chi connectivity index (χ0v) is 21.6. The summed E-state index contributed by atoms with van der Waals surface area (Å²) in [6.07, 6.45) is 9.62. The van der Waals surface area contributed by atoms with E-state index in [1.54, 1.807) is 0 Å². The van der Waals surface area contributed by atoms with Crippen LogP contribution >= 0.6 is 0 Å². The van der Waals surface area contributed by atoms with Gasteiger partial charge in [0.2, 0.25) is 11.2 Å². The molecule has 0 aliphatic heterocycles. The first-order chi connectivity index (χ1) is 16.9. The highest BCUT2D eigenvalue weighted by atomic mass is 32.2. The predicted octanol–water partition coefficient (Wildman–Crippen LogP) is 2.84. The van der Waals surface area contributed by atoms with Crippen LogP contribution in [0.3, 0.4) is 0 Å². The number of carbonyl (C=O) groups is 5. The third-order valence-corrected chi connectivity index (χ3v) is 6.95. The molecule has 2 atom stereocenters. The van der Waals surface area contributed by atoms with E-state index in [-0.39, 0.29) is 6.42 Å². The summed E-state index contributed by atoms with van der Waals surface area (Å²) in [4.78, 5) is 56.9. The molecule has 0 aliphatic carbocycles. The van der Waals surface area contributed by atoms with Gasteiger partial charge >= 0.3 is 34.0 Å². The van der Waals surface area contributed by atoms with Gasteiger partial charge in [-0.15, -0.1) is 0 Å². The van der Waals surface area contributed by atoms with Gasteiger partial charge in [-0.25, -0.2) is 4.79 Å². The summed E-state index contributed by atoms with van der Waals surface area (Å²) in [5.74, 6) is -7.16. The van der Waals surface area contributed by atoms with Crippen molar-refractivity contribution in [3.63, 3.8) is 0 Å². The standard InChI is InChI=1S/C23H39NO11S/c1-2-3-4-5-6-7-8-9-10-11-12-13-19(25)24-17(22(29)30)14-15-21(28)35-36(33,34)18(23(31)32)16-20(26)27/h17-18H,2-16H2,1H3,(H,24,25)(H,26,27)(H,29,30)(H,31,32)/t17-,18?/m0/s1. The maximum absolute atomic E-state index is 12.1. The number of nitrogens with one attached hydrogen (secondary N) is 1. The molecule has 0 radical (unpaired) electrons. The molecule has 4 N–H and O–H groups in total. The van der Waals surface area contributed by atoms with Gasteiger partial charge < -0.3 is 24.8 Å². The van der Waals surface area contributed by atoms with E-state index in [2.05, 4.69) is 16.4 Å². The molecule has 1 unspecified atom stereocenters. The Bertz CT molecular complexity index is 826. The lowest BCUT2D eigenvalue weighted by molar-refractivity contribution is -0.143. The van der Waals surface area contributed by atoms with Crippen LogP contribution in [0.1, 0.15) is 103 Å². The third kappa shape index (κ3) is 16.1. The number of hydrogen-bond acceptors (Lipinski definition) is 8. The molecule has 0 rings (SSSR count). The van der Waals surface area contributed by atoms with Crippen molar-refractivity contribution in [3.05, 3.63) is 0 Å². The first-order valence-corrected chi connectivity index (χ1v) is 13.8. The zero-order valence-electron chi connectivity index (χ0n) is 20.8. The molecule has 0 aliphatic rings. The third-order valence-electron chi connectivity index (χ3n) is 5.47. The second-order valence-corrected chi connectivity index (χ2v) is 10.4. The minimum Gasteiger partial charge on any atom is -0.481 e. The van der Waals surface area contributed by atoms with Crippen LogP contribution in [0.4, 0.5) is 0 Å². The van der Waals surface area contributed by atoms with Crippen LogP contribution in [0, 0.1) is 0 Å². The number of unbranched alkanes of at least 4 members (excludes halogenated alkanes) is 10. The molecule has 0 aromatic carbocycles. The fraction of sp³-hybridized carbons (Fsp3) is 0.783. The summed E-state index contributed by atoms with van der Waals surface area (Å²) in [5, 5.41) is 26.5. The molecule has 1 amide bonds. The first-order valence-electron chi connectivity index (χ1n) is 12.3. The molecule has 0 saturated heterocycles. The smallest absolute Gasteiger partial charge is 0.326 e. The molecule has 0 bridgehead atoms. The summed E-state index contributed by atoms with van der Waals surface area (Å²) >= 11 is 0. The molecule has 12 nitrogen and oxygen atoms in total. The molecule has 0 heterocycles. The van der Waals surface area contributed by atoms with Gasteiger partial charge in [-0.3, -0.25) is 19.2 Å². The lowest BCUT2D eigenvalue weighted by atomic mass is 10.0. The van der Waals surface area contributed by atoms with Crippen molar-refractivity contribution in [2.24, 2.45) is 0 Å². The van der Waals surface area contributed by atoms with E-state index in [0.717, 1.165) is 25.7 Å². The Labute approximate surface area is 211 Å². The van der Waals surface area contributed by atoms with Crippen LogP contribution in [0.2, 0.25) is 0 Å². The highest BCUT2D eigenvalue weighted by Gasteiger charge is 2.38. The zero-order chi connectivity index (χ0) is 27.6. The van der Waals surface area contributed by atoms with Crippen LogP contribution in [0.15, 0.2) is 0 Å². The van der Waals surface area contributed by atoms with Crippen molar-refractivity contribution in [1.82, 2.24) is 5.32 Å². The van der Waals surface area contributed by atoms with E-state index < -0.39 is 70.5 Å². The number of carboxylic acid groups (broad SMARTS) is 3. The van der Waals surface area contributed by atoms with Gasteiger partial charge in [0, 0.05) is 12.8 Å². The average Bonchev–Trinajstić information content (AvgIpc) is 2.77. The highest BCUT2D eigenvalue weighted by molar-refractivity contribution is 7.88. The van der Waals surface area contributed by atoms with Crippen LogP contribution in [0.25, 0.3) is 0 Å². The minimum atomic E-state index is -5.10. The summed E-state index contributed by atoms with van der Waals surface area (Å²) in [5.41, 5.74) is 0. The van der Waals surface area contributed by atoms with E-state index >= 15 is 0 Å². The van der Waals surface area contributed by atoms with Crippen molar-refractivity contribution in [2.45, 2.75) is 115 Å². The van der Waals surface area contributed by atoms with E-state index in [1.165, 1.54) is 38.5 Å². The maximum Gasteiger partial charge on any atom is 0.326 e. The topological polar surface area (TPSA) is 201 Å². The van der Waals surface area contributed by atoms with Gasteiger partial charge in [-0.1, -0.05) is 71.1 Å². The summed E-state index contributed by atoms with van der Waals surface area (Å²) in [6, 6.07) is -1.48. The van der Waals surface area contributed by atoms with Crippen molar-refractivity contribution in [3.8, 4) is 0 Å². The molecule has 0 saturated carbocycles. The average molecular weight is 538 g/mol. The van der Waals surface area contributed by atoms with E-state index in [1.807, 2.05) is 0 Å². The number of hydrogen-bond donors (Lipinski definition) is 4. The van der Waals surface area contributed by atoms with Gasteiger partial charge in [-0.2, -0.15) is 8.42 Å². The highest BCUT2D eigenvalue weighted by Crippen LogP contribution is 2.14. The molecule has 208 valence electrons. The van der Waals surface area contributed by atoms with Crippen molar-refractivity contribution < 1.29 is 51.9 Å². The van der Waals surface area contributed by atoms with Crippen molar-refractivity contribution in [1.29, 1.82) is 0 Å². The Hall–Kier alpha value is -2.70. The predicted molar refractivity (Wildman–Crippen MR) is 129 cm³/mol. The second kappa shape index (κ2) is 18.6. The second-order valence-electron chi connectivity index (χ2n) is 8.66. The molecule has 36 heavy (non-hydrogen) atoms. The van der Waals surface area contributed by atoms with Gasteiger partial charge in [-0.05, 0) is 12.8 Å². The van der Waals surface area contributed by atoms with Crippen LogP contribution in [-0.2, 0) is 38.3 Å². The molecular weight excluding hydrogens is 498 g/mol. The summed E-state index contributed by atoms with van der Waals surface area (Å²) in [6.45, 7) is 2.18. The van der Waals surface area contributed by atoms with Gasteiger partial charge in [0.05, 0.1) is 6.42 Å². The van der Waals surface area contributed by atoms with Crippen LogP contribution in [0.5, 0.6) is 0 Å². The van der Waals surface area contributed by atoms with Gasteiger partial charge in [0.25, 0.3) is 0 Å². The fourth-order valence-corrected chi connectivity index (χ4v) is 4.49. The SMILES string of the molecule is CCCCCCCCCCCCCC(=O)N[C@@H](CCC(=O)OS(=O)(=O)C(CC(=O)O)C(=O)O)C(=O)O. The number of rotatable bonds is 22. The molecule has 0 aromatic rings. The van der Waals surface area contributed by atoms with Crippen LogP contribution < -0.4 is 5.32 Å². The Balaban J connectivity index is 4.33. The fourth-order valence-electron chi connectivity index (χ4n) is 3.44. The van der Waals surface area contributed by atoms with Gasteiger partial charge in [0.1, 0.15) is 6.04 Å². The van der Waals surface area contributed by atoms with E-state index in [4.69, 9.17) is 10.2 Å². The van der Waals surface area contributed by atoms with Crippen molar-refractivity contribution in [2.75, 3.05) is 0 Å². The van der Waals surface area contributed by atoms with Gasteiger partial charge in [0.15, 0.2) is 0 Å². The number of aliphatic carboxylic acids is 3. The Morgan fingerprint density at radius 2 is 1.25 bits per heavy atom. The largest absolute Gasteiger partial charge is 0.481 e. The van der Waals surface area contributed by atoms with E-state index in [9.17, 15) is 37.5 Å². The maximum atomic E-state index is 12.1. The molecule has 0 aromatic heterocycles. The summed E-state index contributed by atoms with van der Waals surface area (Å²) < 4.78 is 27.9. The normalized spacial score (nSPS) is 12.9. The molecule has 0 fully saturated rings. The first kappa shape index (κ1) is 33.3. The molecular formula is C23H39NO11S. The molecule has 0 spiro atoms. The summed E-state index contributed by atoms with van der Waals surface area (Å²) in [7, 11) is -5.10. The Kier molecular flexibility index (Phi) is 17.2. The lowest BCUT2D eigenvalue weighted by Crippen LogP contribution is -2.41. The van der Waals surface area contributed by atoms with E-state index in [0.29, 0.717) is 6.42 Å². The molecule has 13 heteroatoms. The van der Waals surface area contributed by atoms with Crippen LogP contribution in [-0.4, -0.2) is 64.8 Å². The van der Waals surface area contributed by atoms with Crippen molar-refractivity contribution >= 4 is 39.9 Å². The number of carboxylic acids is 3. The number of carbonyl (C=O) groups excluding carboxylic acids is 2. The Morgan fingerprint density at radius 3 is 1.69 bits per heavy atom. The Morgan fingerprint density at radius 1 is 0.750 bits per heavy atom. The number of amides is 1. The lowest BCUT2D eigenvalue weighted by Gasteiger charge is -2.15. The minimum absolute atomic E-state index is 0.106. The quantitative estimate of drug-likeness (QED) is 0.117. The monoisotopic (exact) mass is 537 g/mol.